The Hall–Kier alpha value is -1.46. The van der Waals surface area contributed by atoms with E-state index in [4.69, 9.17) is 14.0 Å². The van der Waals surface area contributed by atoms with Crippen LogP contribution in [-0.4, -0.2) is 107 Å². The van der Waals surface area contributed by atoms with E-state index < -0.39 is 78.5 Å². The molecule has 1 saturated heterocycles. The number of amides is 1. The molecular weight excluding hydrogens is 706 g/mol. The van der Waals surface area contributed by atoms with Crippen LogP contribution < -0.4 is 5.32 Å². The molecule has 0 aromatic heterocycles. The monoisotopic (exact) mass is 779 g/mol. The average molecular weight is 780 g/mol. The van der Waals surface area contributed by atoms with Crippen molar-refractivity contribution in [3.05, 3.63) is 24.3 Å². The van der Waals surface area contributed by atoms with Crippen molar-refractivity contribution in [2.24, 2.45) is 0 Å². The Morgan fingerprint density at radius 3 is 1.81 bits per heavy atom. The summed E-state index contributed by atoms with van der Waals surface area (Å²) in [6.45, 7) is 3.14. The third kappa shape index (κ3) is 23.9. The zero-order valence-corrected chi connectivity index (χ0v) is 33.3. The predicted molar refractivity (Wildman–Crippen MR) is 205 cm³/mol. The van der Waals surface area contributed by atoms with Crippen LogP contribution in [0.1, 0.15) is 155 Å². The van der Waals surface area contributed by atoms with E-state index in [-0.39, 0.29) is 6.42 Å². The second-order valence-corrected chi connectivity index (χ2v) is 15.4. The summed E-state index contributed by atoms with van der Waals surface area (Å²) in [6.07, 6.45) is 19.9. The molecule has 8 atom stereocenters. The van der Waals surface area contributed by atoms with Crippen molar-refractivity contribution in [3.8, 4) is 0 Å². The molecular formula is C39H73NO12S. The normalized spacial score (nSPS) is 22.8. The SMILES string of the molecule is CCCCCCCC/C=C/CC/C=C/C(O)C(COC1OC(CO)C(O)C(OS(=O)(=O)O)C1O)NC(=O)C(O)CCCCCCCCCCCCCC. The van der Waals surface area contributed by atoms with Crippen molar-refractivity contribution in [2.75, 3.05) is 13.2 Å². The van der Waals surface area contributed by atoms with Crippen LogP contribution >= 0.6 is 0 Å². The minimum Gasteiger partial charge on any atom is -0.394 e. The highest BCUT2D eigenvalue weighted by Gasteiger charge is 2.48. The van der Waals surface area contributed by atoms with Gasteiger partial charge in [0, 0.05) is 0 Å². The molecule has 1 fully saturated rings. The summed E-state index contributed by atoms with van der Waals surface area (Å²) < 4.78 is 47.3. The van der Waals surface area contributed by atoms with Gasteiger partial charge in [0.25, 0.3) is 0 Å². The van der Waals surface area contributed by atoms with Gasteiger partial charge < -0.3 is 40.3 Å². The van der Waals surface area contributed by atoms with Crippen LogP contribution in [0.2, 0.25) is 0 Å². The third-order valence-electron chi connectivity index (χ3n) is 9.59. The molecule has 0 bridgehead atoms. The van der Waals surface area contributed by atoms with Crippen LogP contribution in [0.4, 0.5) is 0 Å². The molecule has 312 valence electrons. The Labute approximate surface area is 319 Å². The van der Waals surface area contributed by atoms with E-state index in [1.54, 1.807) is 6.08 Å². The van der Waals surface area contributed by atoms with E-state index in [2.05, 4.69) is 35.5 Å². The first-order chi connectivity index (χ1) is 25.4. The highest BCUT2D eigenvalue weighted by Crippen LogP contribution is 2.26. The molecule has 8 unspecified atom stereocenters. The molecule has 0 aromatic rings. The van der Waals surface area contributed by atoms with Gasteiger partial charge in [-0.3, -0.25) is 9.35 Å². The van der Waals surface area contributed by atoms with Gasteiger partial charge in [-0.2, -0.15) is 8.42 Å². The summed E-state index contributed by atoms with van der Waals surface area (Å²) in [5.74, 6) is -0.715. The van der Waals surface area contributed by atoms with Gasteiger partial charge >= 0.3 is 10.4 Å². The number of hydrogen-bond acceptors (Lipinski definition) is 11. The van der Waals surface area contributed by atoms with Crippen molar-refractivity contribution in [3.63, 3.8) is 0 Å². The van der Waals surface area contributed by atoms with Crippen molar-refractivity contribution < 1.29 is 57.0 Å². The molecule has 0 aliphatic carbocycles. The maximum atomic E-state index is 13.0. The van der Waals surface area contributed by atoms with Gasteiger partial charge in [-0.1, -0.05) is 147 Å². The molecule has 53 heavy (non-hydrogen) atoms. The number of allylic oxidation sites excluding steroid dienone is 3. The molecule has 1 amide bonds. The largest absolute Gasteiger partial charge is 0.397 e. The molecule has 1 heterocycles. The van der Waals surface area contributed by atoms with E-state index in [1.165, 1.54) is 89.5 Å². The average Bonchev–Trinajstić information content (AvgIpc) is 3.12. The maximum Gasteiger partial charge on any atom is 0.397 e. The van der Waals surface area contributed by atoms with E-state index >= 15 is 0 Å². The van der Waals surface area contributed by atoms with Crippen molar-refractivity contribution in [1.29, 1.82) is 0 Å². The fourth-order valence-corrected chi connectivity index (χ4v) is 6.81. The van der Waals surface area contributed by atoms with Gasteiger partial charge in [-0.15, -0.1) is 0 Å². The van der Waals surface area contributed by atoms with Crippen LogP contribution in [0.3, 0.4) is 0 Å². The summed E-state index contributed by atoms with van der Waals surface area (Å²) in [7, 11) is -5.11. The number of aliphatic hydroxyl groups is 5. The molecule has 7 N–H and O–H groups in total. The van der Waals surface area contributed by atoms with E-state index in [1.807, 2.05) is 0 Å². The standard InChI is InChI=1S/C39H73NO12S/c1-3-5-7-9-11-13-15-17-19-21-23-25-27-32(42)31(30-50-39-36(45)37(52-53(47,48)49)35(44)34(29-41)51-39)40-38(46)33(43)28-26-24-22-20-18-16-14-12-10-8-6-4-2/h17,19,25,27,31-37,39,41-45H,3-16,18,20-24,26,28-30H2,1-2H3,(H,40,46)(H,47,48,49)/b19-17+,27-25+. The molecule has 0 spiro atoms. The number of unbranched alkanes of at least 4 members (excludes halogenated alkanes) is 18. The molecule has 0 saturated carbocycles. The summed E-state index contributed by atoms with van der Waals surface area (Å²) in [5.41, 5.74) is 0. The maximum absolute atomic E-state index is 13.0. The number of ether oxygens (including phenoxy) is 2. The van der Waals surface area contributed by atoms with Crippen molar-refractivity contribution in [2.45, 2.75) is 204 Å². The number of hydrogen-bond donors (Lipinski definition) is 7. The van der Waals surface area contributed by atoms with E-state index in [9.17, 15) is 38.7 Å². The molecule has 1 aliphatic rings. The molecule has 14 heteroatoms. The van der Waals surface area contributed by atoms with E-state index in [0.717, 1.165) is 38.5 Å². The smallest absolute Gasteiger partial charge is 0.394 e. The van der Waals surface area contributed by atoms with Crippen LogP contribution in [-0.2, 0) is 28.9 Å². The predicted octanol–water partition coefficient (Wildman–Crippen LogP) is 5.57. The first-order valence-electron chi connectivity index (χ1n) is 20.3. The summed E-state index contributed by atoms with van der Waals surface area (Å²) in [5, 5.41) is 54.9. The lowest BCUT2D eigenvalue weighted by molar-refractivity contribution is -0.298. The van der Waals surface area contributed by atoms with Crippen LogP contribution in [0.15, 0.2) is 24.3 Å². The van der Waals surface area contributed by atoms with Crippen molar-refractivity contribution in [1.82, 2.24) is 5.32 Å². The summed E-state index contributed by atoms with van der Waals surface area (Å²) in [4.78, 5) is 13.0. The van der Waals surface area contributed by atoms with Gasteiger partial charge in [0.2, 0.25) is 5.91 Å². The Kier molecular flexibility index (Phi) is 28.7. The zero-order valence-electron chi connectivity index (χ0n) is 32.4. The number of aliphatic hydroxyl groups excluding tert-OH is 5. The Balaban J connectivity index is 2.71. The Morgan fingerprint density at radius 2 is 1.26 bits per heavy atom. The van der Waals surface area contributed by atoms with Gasteiger partial charge in [-0.25, -0.2) is 4.18 Å². The van der Waals surface area contributed by atoms with Gasteiger partial charge in [-0.05, 0) is 32.1 Å². The summed E-state index contributed by atoms with van der Waals surface area (Å²) >= 11 is 0. The molecule has 13 nitrogen and oxygen atoms in total. The lowest BCUT2D eigenvalue weighted by atomic mass is 9.99. The molecule has 1 aliphatic heterocycles. The number of carbonyl (C=O) groups excluding carboxylic acids is 1. The Bertz CT molecular complexity index is 1070. The fourth-order valence-electron chi connectivity index (χ4n) is 6.30. The van der Waals surface area contributed by atoms with Gasteiger partial charge in [0.05, 0.1) is 25.4 Å². The summed E-state index contributed by atoms with van der Waals surface area (Å²) in [6, 6.07) is -1.13. The van der Waals surface area contributed by atoms with Crippen LogP contribution in [0.5, 0.6) is 0 Å². The second kappa shape index (κ2) is 30.7. The minimum atomic E-state index is -5.11. The minimum absolute atomic E-state index is 0.239. The quantitative estimate of drug-likeness (QED) is 0.0248. The van der Waals surface area contributed by atoms with Crippen molar-refractivity contribution >= 4 is 16.3 Å². The number of rotatable bonds is 33. The topological polar surface area (TPSA) is 212 Å². The molecule has 1 rings (SSSR count). The van der Waals surface area contributed by atoms with Crippen LogP contribution in [0.25, 0.3) is 0 Å². The Morgan fingerprint density at radius 1 is 0.755 bits per heavy atom. The third-order valence-corrected chi connectivity index (χ3v) is 10.1. The number of carbonyl (C=O) groups is 1. The fraction of sp³-hybridized carbons (Fsp3) is 0.872. The van der Waals surface area contributed by atoms with Gasteiger partial charge in [0.15, 0.2) is 6.29 Å². The highest BCUT2D eigenvalue weighted by atomic mass is 32.3. The second-order valence-electron chi connectivity index (χ2n) is 14.4. The lowest BCUT2D eigenvalue weighted by Crippen LogP contribution is -2.61. The molecule has 0 radical (unpaired) electrons. The van der Waals surface area contributed by atoms with Crippen LogP contribution in [0, 0.1) is 0 Å². The number of nitrogens with one attached hydrogen (secondary N) is 1. The van der Waals surface area contributed by atoms with Gasteiger partial charge in [0.1, 0.15) is 30.5 Å². The van der Waals surface area contributed by atoms with E-state index in [0.29, 0.717) is 12.8 Å². The molecule has 0 aromatic carbocycles. The lowest BCUT2D eigenvalue weighted by Gasteiger charge is -2.41. The first-order valence-corrected chi connectivity index (χ1v) is 21.7. The highest BCUT2D eigenvalue weighted by molar-refractivity contribution is 7.80. The zero-order chi connectivity index (χ0) is 39.3. The first kappa shape index (κ1) is 49.6.